The summed E-state index contributed by atoms with van der Waals surface area (Å²) in [5.74, 6) is 1.44. The van der Waals surface area contributed by atoms with E-state index in [0.717, 1.165) is 10.6 Å². The van der Waals surface area contributed by atoms with Crippen molar-refractivity contribution in [3.63, 3.8) is 0 Å². The minimum absolute atomic E-state index is 0. The summed E-state index contributed by atoms with van der Waals surface area (Å²) in [5, 5.41) is 5.23. The Bertz CT molecular complexity index is 876. The van der Waals surface area contributed by atoms with Crippen molar-refractivity contribution >= 4 is 51.1 Å². The minimum atomic E-state index is -3.08. The summed E-state index contributed by atoms with van der Waals surface area (Å²) in [7, 11) is -3.08. The third-order valence-electron chi connectivity index (χ3n) is 4.35. The molecule has 0 atom stereocenters. The van der Waals surface area contributed by atoms with Gasteiger partial charge in [0.15, 0.2) is 15.8 Å². The smallest absolute Gasteiger partial charge is 0.236 e. The highest BCUT2D eigenvalue weighted by Gasteiger charge is 2.40. The number of nitrogens with one attached hydrogen (secondary N) is 1. The van der Waals surface area contributed by atoms with E-state index in [-0.39, 0.29) is 29.7 Å². The molecule has 150 valence electrons. The van der Waals surface area contributed by atoms with Crippen molar-refractivity contribution in [2.24, 2.45) is 4.99 Å². The van der Waals surface area contributed by atoms with Crippen molar-refractivity contribution in [2.75, 3.05) is 25.4 Å². The number of thiophene rings is 1. The zero-order chi connectivity index (χ0) is 18.8. The summed E-state index contributed by atoms with van der Waals surface area (Å²) in [6.07, 6.45) is 1.62. The van der Waals surface area contributed by atoms with Crippen molar-refractivity contribution in [2.45, 2.75) is 32.1 Å². The van der Waals surface area contributed by atoms with E-state index in [0.29, 0.717) is 38.0 Å². The number of aliphatic imine (C=N–C) groups is 1. The number of nitrogens with zero attached hydrogens (tertiary/aromatic N) is 3. The normalized spacial score (nSPS) is 18.8. The fourth-order valence-electron chi connectivity index (χ4n) is 2.80. The highest BCUT2D eigenvalue weighted by Crippen LogP contribution is 2.25. The van der Waals surface area contributed by atoms with E-state index in [4.69, 9.17) is 4.42 Å². The predicted octanol–water partition coefficient (Wildman–Crippen LogP) is 3.00. The molecular formula is C17H25IN4O3S2. The van der Waals surface area contributed by atoms with Gasteiger partial charge in [-0.2, -0.15) is 0 Å². The topological polar surface area (TPSA) is 87.8 Å². The molecule has 0 unspecified atom stereocenters. The molecule has 0 radical (unpaired) electrons. The molecule has 10 heteroatoms. The van der Waals surface area contributed by atoms with Gasteiger partial charge in [0.1, 0.15) is 12.0 Å². The number of hydrogen-bond acceptors (Lipinski definition) is 6. The fraction of sp³-hybridized carbons (Fsp3) is 0.529. The van der Waals surface area contributed by atoms with Crippen molar-refractivity contribution < 1.29 is 12.8 Å². The van der Waals surface area contributed by atoms with Gasteiger partial charge in [0.25, 0.3) is 0 Å². The minimum Gasteiger partial charge on any atom is -0.443 e. The van der Waals surface area contributed by atoms with Crippen molar-refractivity contribution in [3.8, 4) is 10.8 Å². The van der Waals surface area contributed by atoms with Crippen LogP contribution in [0.4, 0.5) is 0 Å². The molecule has 7 nitrogen and oxygen atoms in total. The quantitative estimate of drug-likeness (QED) is 0.376. The first-order valence-corrected chi connectivity index (χ1v) is 11.1. The summed E-state index contributed by atoms with van der Waals surface area (Å²) in [4.78, 5) is 12.1. The average Bonchev–Trinajstić information content (AvgIpc) is 3.25. The highest BCUT2D eigenvalue weighted by molar-refractivity contribution is 14.0. The van der Waals surface area contributed by atoms with Gasteiger partial charge in [-0.1, -0.05) is 6.07 Å². The number of rotatable bonds is 4. The SMILES string of the molecule is CCNC(=NCc1coc(-c2cccs2)n1)N1CCS(=O)(=O)C(C)(C)C1.I. The molecule has 0 aliphatic carbocycles. The van der Waals surface area contributed by atoms with Gasteiger partial charge in [-0.25, -0.2) is 18.4 Å². The van der Waals surface area contributed by atoms with Gasteiger partial charge in [0.2, 0.25) is 5.89 Å². The molecule has 0 saturated carbocycles. The Kier molecular flexibility index (Phi) is 7.31. The summed E-state index contributed by atoms with van der Waals surface area (Å²) >= 11 is 1.57. The number of sulfone groups is 1. The van der Waals surface area contributed by atoms with E-state index in [1.807, 2.05) is 29.3 Å². The van der Waals surface area contributed by atoms with Crippen molar-refractivity contribution in [3.05, 3.63) is 29.5 Å². The predicted molar refractivity (Wildman–Crippen MR) is 119 cm³/mol. The van der Waals surface area contributed by atoms with Crippen LogP contribution < -0.4 is 5.32 Å². The summed E-state index contributed by atoms with van der Waals surface area (Å²) < 4.78 is 29.2. The average molecular weight is 524 g/mol. The molecular weight excluding hydrogens is 499 g/mol. The monoisotopic (exact) mass is 524 g/mol. The Balaban J connectivity index is 0.00000261. The molecule has 0 aromatic carbocycles. The molecule has 2 aromatic rings. The van der Waals surface area contributed by atoms with Gasteiger partial charge in [0.05, 0.1) is 21.9 Å². The molecule has 3 rings (SSSR count). The van der Waals surface area contributed by atoms with Crippen LogP contribution in [0.5, 0.6) is 0 Å². The maximum atomic E-state index is 12.2. The van der Waals surface area contributed by atoms with Crippen LogP contribution in [0.25, 0.3) is 10.8 Å². The van der Waals surface area contributed by atoms with Crippen LogP contribution in [0.2, 0.25) is 0 Å². The lowest BCUT2D eigenvalue weighted by molar-refractivity contribution is 0.353. The number of guanidine groups is 1. The van der Waals surface area contributed by atoms with Gasteiger partial charge in [0, 0.05) is 19.6 Å². The van der Waals surface area contributed by atoms with Gasteiger partial charge in [-0.15, -0.1) is 35.3 Å². The van der Waals surface area contributed by atoms with Crippen LogP contribution in [-0.2, 0) is 16.4 Å². The third-order valence-corrected chi connectivity index (χ3v) is 7.74. The van der Waals surface area contributed by atoms with Gasteiger partial charge in [-0.05, 0) is 32.2 Å². The first-order chi connectivity index (χ1) is 12.3. The summed E-state index contributed by atoms with van der Waals surface area (Å²) in [6, 6.07) is 3.92. The number of aromatic nitrogens is 1. The summed E-state index contributed by atoms with van der Waals surface area (Å²) in [5.41, 5.74) is 0.743. The zero-order valence-corrected chi connectivity index (χ0v) is 19.6. The lowest BCUT2D eigenvalue weighted by Gasteiger charge is -2.39. The summed E-state index contributed by atoms with van der Waals surface area (Å²) in [6.45, 7) is 7.47. The highest BCUT2D eigenvalue weighted by atomic mass is 127. The second-order valence-corrected chi connectivity index (χ2v) is 10.5. The van der Waals surface area contributed by atoms with Gasteiger partial charge in [-0.3, -0.25) is 0 Å². The van der Waals surface area contributed by atoms with E-state index < -0.39 is 14.6 Å². The Morgan fingerprint density at radius 1 is 1.48 bits per heavy atom. The molecule has 3 heterocycles. The van der Waals surface area contributed by atoms with Crippen LogP contribution in [0.15, 0.2) is 33.2 Å². The Morgan fingerprint density at radius 2 is 2.26 bits per heavy atom. The Hall–Kier alpha value is -1.14. The second-order valence-electron chi connectivity index (χ2n) is 6.79. The van der Waals surface area contributed by atoms with Crippen molar-refractivity contribution in [1.29, 1.82) is 0 Å². The lowest BCUT2D eigenvalue weighted by Crippen LogP contribution is -2.57. The molecule has 1 saturated heterocycles. The molecule has 2 aromatic heterocycles. The van der Waals surface area contributed by atoms with Crippen LogP contribution in [0.1, 0.15) is 26.5 Å². The molecule has 1 N–H and O–H groups in total. The number of hydrogen-bond donors (Lipinski definition) is 1. The molecule has 27 heavy (non-hydrogen) atoms. The number of halogens is 1. The zero-order valence-electron chi connectivity index (χ0n) is 15.6. The fourth-order valence-corrected chi connectivity index (χ4v) is 4.82. The van der Waals surface area contributed by atoms with E-state index in [1.165, 1.54) is 0 Å². The molecule has 0 amide bonds. The molecule has 1 aliphatic heterocycles. The second kappa shape index (κ2) is 8.91. The Labute approximate surface area is 181 Å². The molecule has 0 spiro atoms. The lowest BCUT2D eigenvalue weighted by atomic mass is 10.2. The third kappa shape index (κ3) is 5.02. The Morgan fingerprint density at radius 3 is 2.89 bits per heavy atom. The van der Waals surface area contributed by atoms with E-state index in [2.05, 4.69) is 15.3 Å². The standard InChI is InChI=1S/C17H24N4O3S2.HI/c1-4-18-16(21-7-9-26(22,23)17(2,3)12-21)19-10-13-11-24-15(20-13)14-6-5-8-25-14;/h5-6,8,11H,4,7,9-10,12H2,1-3H3,(H,18,19);1H. The van der Waals surface area contributed by atoms with Gasteiger partial charge >= 0.3 is 0 Å². The van der Waals surface area contributed by atoms with Crippen LogP contribution >= 0.6 is 35.3 Å². The van der Waals surface area contributed by atoms with Crippen LogP contribution in [0.3, 0.4) is 0 Å². The molecule has 0 bridgehead atoms. The maximum absolute atomic E-state index is 12.2. The van der Waals surface area contributed by atoms with E-state index in [9.17, 15) is 8.42 Å². The van der Waals surface area contributed by atoms with Crippen LogP contribution in [0, 0.1) is 0 Å². The van der Waals surface area contributed by atoms with Crippen molar-refractivity contribution in [1.82, 2.24) is 15.2 Å². The molecule has 1 aliphatic rings. The van der Waals surface area contributed by atoms with Gasteiger partial charge < -0.3 is 14.6 Å². The maximum Gasteiger partial charge on any atom is 0.236 e. The van der Waals surface area contributed by atoms with E-state index >= 15 is 0 Å². The first kappa shape index (κ1) is 22.2. The van der Waals surface area contributed by atoms with E-state index in [1.54, 1.807) is 31.4 Å². The number of oxazole rings is 1. The largest absolute Gasteiger partial charge is 0.443 e. The molecule has 1 fully saturated rings. The first-order valence-electron chi connectivity index (χ1n) is 8.56. The van der Waals surface area contributed by atoms with Crippen LogP contribution in [-0.4, -0.2) is 54.4 Å².